The highest BCUT2D eigenvalue weighted by atomic mass is 32.1. The lowest BCUT2D eigenvalue weighted by molar-refractivity contribution is 0.477. The standard InChI is InChI=1S/C14H10N2OS/c17-12-9-5-4-8-11(12)14-16-15-13(18-14)10-6-2-1-3-7-10/h1-9,17H. The molecule has 0 saturated heterocycles. The van der Waals surface area contributed by atoms with E-state index < -0.39 is 0 Å². The molecule has 0 aliphatic rings. The highest BCUT2D eigenvalue weighted by Gasteiger charge is 2.10. The van der Waals surface area contributed by atoms with Gasteiger partial charge < -0.3 is 5.11 Å². The summed E-state index contributed by atoms with van der Waals surface area (Å²) in [5, 5.41) is 19.7. The van der Waals surface area contributed by atoms with Crippen LogP contribution in [0.25, 0.3) is 21.1 Å². The SMILES string of the molecule is Oc1ccccc1-c1nnc(-c2ccccc2)s1. The summed E-state index contributed by atoms with van der Waals surface area (Å²) in [6, 6.07) is 17.0. The maximum atomic E-state index is 9.78. The number of rotatable bonds is 2. The first-order valence-electron chi connectivity index (χ1n) is 5.52. The zero-order valence-electron chi connectivity index (χ0n) is 9.45. The van der Waals surface area contributed by atoms with Crippen molar-refractivity contribution < 1.29 is 5.11 Å². The van der Waals surface area contributed by atoms with E-state index in [1.807, 2.05) is 42.5 Å². The molecule has 18 heavy (non-hydrogen) atoms. The number of phenols is 1. The summed E-state index contributed by atoms with van der Waals surface area (Å²) in [7, 11) is 0. The van der Waals surface area contributed by atoms with Gasteiger partial charge in [-0.3, -0.25) is 0 Å². The van der Waals surface area contributed by atoms with E-state index in [2.05, 4.69) is 10.2 Å². The molecule has 3 nitrogen and oxygen atoms in total. The van der Waals surface area contributed by atoms with E-state index in [0.29, 0.717) is 0 Å². The van der Waals surface area contributed by atoms with Crippen LogP contribution >= 0.6 is 11.3 Å². The molecule has 0 amide bonds. The molecule has 0 aliphatic heterocycles. The van der Waals surface area contributed by atoms with Gasteiger partial charge in [-0.1, -0.05) is 53.8 Å². The Morgan fingerprint density at radius 1 is 0.778 bits per heavy atom. The first kappa shape index (κ1) is 10.9. The number of aromatic hydroxyl groups is 1. The largest absolute Gasteiger partial charge is 0.507 e. The zero-order chi connectivity index (χ0) is 12.4. The molecule has 1 heterocycles. The minimum Gasteiger partial charge on any atom is -0.507 e. The molecular formula is C14H10N2OS. The van der Waals surface area contributed by atoms with Crippen LogP contribution in [0, 0.1) is 0 Å². The number of hydrogen-bond acceptors (Lipinski definition) is 4. The smallest absolute Gasteiger partial charge is 0.151 e. The van der Waals surface area contributed by atoms with Crippen LogP contribution < -0.4 is 0 Å². The Hall–Kier alpha value is -2.20. The lowest BCUT2D eigenvalue weighted by Gasteiger charge is -1.97. The highest BCUT2D eigenvalue weighted by Crippen LogP contribution is 2.34. The van der Waals surface area contributed by atoms with Crippen molar-refractivity contribution in [2.45, 2.75) is 0 Å². The number of phenolic OH excluding ortho intramolecular Hbond substituents is 1. The Morgan fingerprint density at radius 2 is 1.44 bits per heavy atom. The fraction of sp³-hybridized carbons (Fsp3) is 0. The second-order valence-corrected chi connectivity index (χ2v) is 4.77. The second-order valence-electron chi connectivity index (χ2n) is 3.80. The van der Waals surface area contributed by atoms with E-state index in [1.165, 1.54) is 11.3 Å². The minimum atomic E-state index is 0.230. The summed E-state index contributed by atoms with van der Waals surface area (Å²) in [6.45, 7) is 0. The summed E-state index contributed by atoms with van der Waals surface area (Å²) in [5.41, 5.74) is 1.76. The van der Waals surface area contributed by atoms with E-state index in [1.54, 1.807) is 12.1 Å². The zero-order valence-corrected chi connectivity index (χ0v) is 10.3. The Balaban J connectivity index is 2.03. The molecule has 4 heteroatoms. The van der Waals surface area contributed by atoms with Crippen molar-refractivity contribution in [3.63, 3.8) is 0 Å². The molecule has 0 unspecified atom stereocenters. The molecule has 0 spiro atoms. The molecule has 0 atom stereocenters. The first-order chi connectivity index (χ1) is 8.84. The van der Waals surface area contributed by atoms with Gasteiger partial charge in [-0.05, 0) is 12.1 Å². The van der Waals surface area contributed by atoms with Gasteiger partial charge >= 0.3 is 0 Å². The molecule has 0 aliphatic carbocycles. The molecular weight excluding hydrogens is 244 g/mol. The maximum absolute atomic E-state index is 9.78. The lowest BCUT2D eigenvalue weighted by Crippen LogP contribution is -1.77. The second kappa shape index (κ2) is 4.58. The molecule has 2 aromatic carbocycles. The van der Waals surface area contributed by atoms with Crippen LogP contribution in [0.4, 0.5) is 0 Å². The molecule has 0 fully saturated rings. The summed E-state index contributed by atoms with van der Waals surface area (Å²) < 4.78 is 0. The van der Waals surface area contributed by atoms with Crippen molar-refractivity contribution in [3.05, 3.63) is 54.6 Å². The van der Waals surface area contributed by atoms with Gasteiger partial charge in [0, 0.05) is 5.56 Å². The van der Waals surface area contributed by atoms with Crippen molar-refractivity contribution in [2.75, 3.05) is 0 Å². The quantitative estimate of drug-likeness (QED) is 0.760. The van der Waals surface area contributed by atoms with Gasteiger partial charge in [0.05, 0.1) is 5.56 Å². The van der Waals surface area contributed by atoms with Crippen LogP contribution in [0.1, 0.15) is 0 Å². The van der Waals surface area contributed by atoms with E-state index in [4.69, 9.17) is 0 Å². The average molecular weight is 254 g/mol. The third kappa shape index (κ3) is 1.98. The van der Waals surface area contributed by atoms with E-state index in [9.17, 15) is 5.11 Å². The molecule has 0 bridgehead atoms. The van der Waals surface area contributed by atoms with Gasteiger partial charge in [-0.2, -0.15) is 0 Å². The predicted octanol–water partition coefficient (Wildman–Crippen LogP) is 3.58. The van der Waals surface area contributed by atoms with Crippen LogP contribution in [0.15, 0.2) is 54.6 Å². The number of hydrogen-bond donors (Lipinski definition) is 1. The maximum Gasteiger partial charge on any atom is 0.151 e. The Bertz CT molecular complexity index is 664. The Labute approximate surface area is 108 Å². The minimum absolute atomic E-state index is 0.230. The third-order valence-corrected chi connectivity index (χ3v) is 3.59. The van der Waals surface area contributed by atoms with Gasteiger partial charge in [-0.25, -0.2) is 0 Å². The fourth-order valence-electron chi connectivity index (χ4n) is 1.68. The van der Waals surface area contributed by atoms with Gasteiger partial charge in [-0.15, -0.1) is 10.2 Å². The van der Waals surface area contributed by atoms with Gasteiger partial charge in [0.15, 0.2) is 5.01 Å². The topological polar surface area (TPSA) is 46.0 Å². The van der Waals surface area contributed by atoms with E-state index in [-0.39, 0.29) is 5.75 Å². The van der Waals surface area contributed by atoms with Crippen LogP contribution in [-0.4, -0.2) is 15.3 Å². The van der Waals surface area contributed by atoms with Crippen LogP contribution in [0.3, 0.4) is 0 Å². The molecule has 1 N–H and O–H groups in total. The molecule has 3 aromatic rings. The number of benzene rings is 2. The molecule has 1 aromatic heterocycles. The number of para-hydroxylation sites is 1. The van der Waals surface area contributed by atoms with Crippen LogP contribution in [0.5, 0.6) is 5.75 Å². The van der Waals surface area contributed by atoms with Crippen molar-refractivity contribution in [2.24, 2.45) is 0 Å². The summed E-state index contributed by atoms with van der Waals surface area (Å²) in [5.74, 6) is 0.230. The normalized spacial score (nSPS) is 10.4. The first-order valence-corrected chi connectivity index (χ1v) is 6.33. The number of nitrogens with zero attached hydrogens (tertiary/aromatic N) is 2. The monoisotopic (exact) mass is 254 g/mol. The van der Waals surface area contributed by atoms with Crippen molar-refractivity contribution >= 4 is 11.3 Å². The fourth-order valence-corrected chi connectivity index (χ4v) is 2.57. The molecule has 0 saturated carbocycles. The average Bonchev–Trinajstić information content (AvgIpc) is 2.90. The summed E-state index contributed by atoms with van der Waals surface area (Å²) in [6.07, 6.45) is 0. The highest BCUT2D eigenvalue weighted by molar-refractivity contribution is 7.18. The lowest BCUT2D eigenvalue weighted by atomic mass is 10.2. The van der Waals surface area contributed by atoms with Crippen molar-refractivity contribution in [1.29, 1.82) is 0 Å². The Morgan fingerprint density at radius 3 is 2.22 bits per heavy atom. The Kier molecular flexibility index (Phi) is 2.78. The van der Waals surface area contributed by atoms with E-state index >= 15 is 0 Å². The summed E-state index contributed by atoms with van der Waals surface area (Å²) in [4.78, 5) is 0. The van der Waals surface area contributed by atoms with Crippen molar-refractivity contribution in [3.8, 4) is 26.9 Å². The molecule has 0 radical (unpaired) electrons. The third-order valence-electron chi connectivity index (χ3n) is 2.58. The van der Waals surface area contributed by atoms with Crippen LogP contribution in [-0.2, 0) is 0 Å². The molecule has 3 rings (SSSR count). The summed E-state index contributed by atoms with van der Waals surface area (Å²) >= 11 is 1.47. The van der Waals surface area contributed by atoms with E-state index in [0.717, 1.165) is 21.1 Å². The van der Waals surface area contributed by atoms with Gasteiger partial charge in [0.1, 0.15) is 10.8 Å². The predicted molar refractivity (Wildman–Crippen MR) is 72.4 cm³/mol. The van der Waals surface area contributed by atoms with Gasteiger partial charge in [0.2, 0.25) is 0 Å². The van der Waals surface area contributed by atoms with Crippen molar-refractivity contribution in [1.82, 2.24) is 10.2 Å². The van der Waals surface area contributed by atoms with Crippen LogP contribution in [0.2, 0.25) is 0 Å². The number of aromatic nitrogens is 2. The molecule has 88 valence electrons. The van der Waals surface area contributed by atoms with Gasteiger partial charge in [0.25, 0.3) is 0 Å².